The van der Waals surface area contributed by atoms with Crippen molar-refractivity contribution in [2.45, 2.75) is 282 Å². The van der Waals surface area contributed by atoms with Crippen LogP contribution >= 0.6 is 0 Å². The molecule has 0 aromatic carbocycles. The minimum absolute atomic E-state index is 0.103. The second-order valence-corrected chi connectivity index (χ2v) is 18.6. The van der Waals surface area contributed by atoms with Gasteiger partial charge in [0.05, 0.1) is 25.4 Å². The normalized spacial score (nSPS) is 20.5. The molecule has 11 nitrogen and oxygen atoms in total. The molecule has 1 aliphatic rings. The molecule has 380 valence electrons. The van der Waals surface area contributed by atoms with Gasteiger partial charge in [0.2, 0.25) is 5.91 Å². The summed E-state index contributed by atoms with van der Waals surface area (Å²) in [5.41, 5.74) is 0. The molecule has 1 fully saturated rings. The second-order valence-electron chi connectivity index (χ2n) is 18.6. The van der Waals surface area contributed by atoms with E-state index in [0.717, 1.165) is 64.2 Å². The highest BCUT2D eigenvalue weighted by Crippen LogP contribution is 2.26. The zero-order chi connectivity index (χ0) is 47.6. The molecule has 0 aromatic heterocycles. The number of allylic oxidation sites excluding steroid dienone is 5. The lowest BCUT2D eigenvalue weighted by atomic mass is 9.99. The monoisotopic (exact) mass is 922 g/mol. The fraction of sp³-hybridized carbons (Fsp3) is 0.852. The van der Waals surface area contributed by atoms with Gasteiger partial charge in [0.25, 0.3) is 0 Å². The van der Waals surface area contributed by atoms with Crippen molar-refractivity contribution in [3.63, 3.8) is 0 Å². The number of esters is 1. The van der Waals surface area contributed by atoms with Gasteiger partial charge in [-0.3, -0.25) is 9.59 Å². The highest BCUT2D eigenvalue weighted by Gasteiger charge is 2.47. The first-order chi connectivity index (χ1) is 31.7. The first kappa shape index (κ1) is 60.9. The summed E-state index contributed by atoms with van der Waals surface area (Å²) in [6, 6.07) is -1.03. The van der Waals surface area contributed by atoms with Crippen LogP contribution in [0.25, 0.3) is 0 Å². The molecular formula is C54H99NO10. The standard InChI is InChI=1S/C54H99NO10/c1-4-7-10-13-16-19-22-24-27-30-33-36-39-42-49(59)65-52-51(61)50(60)48(43-56)64-54(52)63-44-45(46(57)40-37-34-31-28-25-21-18-15-12-9-6-3)55-53(62)47(58)41-38-35-32-29-26-23-20-17-14-11-8-5-2/h24,26-27,29,37,40,45-48,50-52,54,56-58,60-61H,4-23,25,28,30-36,38-39,41-44H2,1-3H3,(H,55,62)/b27-24-,29-26-,40-37+. The van der Waals surface area contributed by atoms with Crippen LogP contribution < -0.4 is 5.32 Å². The molecule has 0 spiro atoms. The van der Waals surface area contributed by atoms with E-state index in [-0.39, 0.29) is 19.4 Å². The number of rotatable bonds is 44. The zero-order valence-electron chi connectivity index (χ0n) is 41.6. The summed E-state index contributed by atoms with van der Waals surface area (Å²) in [6.07, 6.45) is 37.7. The van der Waals surface area contributed by atoms with Crippen molar-refractivity contribution in [2.75, 3.05) is 13.2 Å². The summed E-state index contributed by atoms with van der Waals surface area (Å²) in [5, 5.41) is 56.5. The van der Waals surface area contributed by atoms with Gasteiger partial charge in [-0.05, 0) is 77.0 Å². The maximum absolute atomic E-state index is 13.3. The molecule has 0 saturated carbocycles. The van der Waals surface area contributed by atoms with Crippen molar-refractivity contribution in [2.24, 2.45) is 0 Å². The van der Waals surface area contributed by atoms with E-state index >= 15 is 0 Å². The minimum atomic E-state index is -1.62. The predicted octanol–water partition coefficient (Wildman–Crippen LogP) is 11.2. The van der Waals surface area contributed by atoms with E-state index in [0.29, 0.717) is 12.8 Å². The maximum Gasteiger partial charge on any atom is 0.306 e. The topological polar surface area (TPSA) is 175 Å². The van der Waals surface area contributed by atoms with Crippen molar-refractivity contribution >= 4 is 11.9 Å². The Labute approximate surface area is 396 Å². The Morgan fingerprint density at radius 2 is 1.02 bits per heavy atom. The van der Waals surface area contributed by atoms with Crippen LogP contribution in [0.1, 0.15) is 233 Å². The molecule has 65 heavy (non-hydrogen) atoms. The van der Waals surface area contributed by atoms with Crippen LogP contribution in [0.4, 0.5) is 0 Å². The number of hydrogen-bond acceptors (Lipinski definition) is 10. The third kappa shape index (κ3) is 32.3. The number of aliphatic hydroxyl groups excluding tert-OH is 5. The fourth-order valence-electron chi connectivity index (χ4n) is 8.17. The molecule has 0 aromatic rings. The average Bonchev–Trinajstić information content (AvgIpc) is 3.30. The highest BCUT2D eigenvalue weighted by molar-refractivity contribution is 5.80. The van der Waals surface area contributed by atoms with E-state index in [2.05, 4.69) is 50.4 Å². The fourth-order valence-corrected chi connectivity index (χ4v) is 8.17. The van der Waals surface area contributed by atoms with Crippen molar-refractivity contribution in [3.05, 3.63) is 36.5 Å². The van der Waals surface area contributed by atoms with Crippen LogP contribution in [0.3, 0.4) is 0 Å². The molecule has 8 atom stereocenters. The van der Waals surface area contributed by atoms with Gasteiger partial charge in [-0.2, -0.15) is 0 Å². The van der Waals surface area contributed by atoms with Gasteiger partial charge in [-0.15, -0.1) is 0 Å². The second kappa shape index (κ2) is 43.2. The van der Waals surface area contributed by atoms with E-state index in [4.69, 9.17) is 14.2 Å². The Balaban J connectivity index is 2.79. The number of ether oxygens (including phenoxy) is 3. The number of aliphatic hydroxyl groups is 5. The van der Waals surface area contributed by atoms with Gasteiger partial charge in [0.1, 0.15) is 24.4 Å². The summed E-state index contributed by atoms with van der Waals surface area (Å²) >= 11 is 0. The van der Waals surface area contributed by atoms with Crippen LogP contribution in [0.5, 0.6) is 0 Å². The average molecular weight is 922 g/mol. The Morgan fingerprint density at radius 1 is 0.585 bits per heavy atom. The van der Waals surface area contributed by atoms with Crippen LogP contribution in [0.15, 0.2) is 36.5 Å². The quantitative estimate of drug-likeness (QED) is 0.0196. The van der Waals surface area contributed by atoms with Crippen molar-refractivity contribution in [1.29, 1.82) is 0 Å². The van der Waals surface area contributed by atoms with E-state index in [1.54, 1.807) is 6.08 Å². The summed E-state index contributed by atoms with van der Waals surface area (Å²) in [6.45, 7) is 5.71. The molecule has 1 heterocycles. The predicted molar refractivity (Wildman–Crippen MR) is 264 cm³/mol. The Bertz CT molecular complexity index is 1200. The molecule has 11 heteroatoms. The van der Waals surface area contributed by atoms with Crippen LogP contribution in [0.2, 0.25) is 0 Å². The third-order valence-electron chi connectivity index (χ3n) is 12.5. The van der Waals surface area contributed by atoms with Gasteiger partial charge >= 0.3 is 5.97 Å². The molecule has 8 unspecified atom stereocenters. The highest BCUT2D eigenvalue weighted by atomic mass is 16.7. The number of hydrogen-bond donors (Lipinski definition) is 6. The Kier molecular flexibility index (Phi) is 40.5. The molecule has 1 rings (SSSR count). The number of carbonyl (C=O) groups is 2. The lowest BCUT2D eigenvalue weighted by Crippen LogP contribution is -2.61. The SMILES string of the molecule is CCCCCCCC/C=C\CCCCCC(=O)OC1C(OCC(NC(=O)C(O)CCCC/C=C\CCCCCCCC)C(O)/C=C/CCCCCCCCCCC)OC(CO)C(O)C1O. The molecule has 1 amide bonds. The molecule has 0 aliphatic carbocycles. The van der Waals surface area contributed by atoms with Gasteiger partial charge < -0.3 is 45.1 Å². The van der Waals surface area contributed by atoms with Crippen molar-refractivity contribution < 1.29 is 49.3 Å². The van der Waals surface area contributed by atoms with E-state index < -0.39 is 67.4 Å². The zero-order valence-corrected chi connectivity index (χ0v) is 41.6. The summed E-state index contributed by atoms with van der Waals surface area (Å²) in [5.74, 6) is -1.23. The van der Waals surface area contributed by atoms with Crippen molar-refractivity contribution in [3.8, 4) is 0 Å². The lowest BCUT2D eigenvalue weighted by Gasteiger charge is -2.41. The van der Waals surface area contributed by atoms with E-state index in [1.165, 1.54) is 122 Å². The first-order valence-electron chi connectivity index (χ1n) is 26.8. The summed E-state index contributed by atoms with van der Waals surface area (Å²) in [4.78, 5) is 26.3. The van der Waals surface area contributed by atoms with Gasteiger partial charge in [0, 0.05) is 6.42 Å². The van der Waals surface area contributed by atoms with Crippen LogP contribution in [0, 0.1) is 0 Å². The lowest BCUT2D eigenvalue weighted by molar-refractivity contribution is -0.305. The van der Waals surface area contributed by atoms with Gasteiger partial charge in [-0.25, -0.2) is 0 Å². The third-order valence-corrected chi connectivity index (χ3v) is 12.5. The molecular weight excluding hydrogens is 823 g/mol. The number of carbonyl (C=O) groups excluding carboxylic acids is 2. The van der Waals surface area contributed by atoms with Crippen LogP contribution in [-0.2, 0) is 23.8 Å². The number of amides is 1. The van der Waals surface area contributed by atoms with Gasteiger partial charge in [0.15, 0.2) is 12.4 Å². The molecule has 0 bridgehead atoms. The molecule has 1 saturated heterocycles. The smallest absolute Gasteiger partial charge is 0.306 e. The minimum Gasteiger partial charge on any atom is -0.454 e. The summed E-state index contributed by atoms with van der Waals surface area (Å²) < 4.78 is 17.5. The van der Waals surface area contributed by atoms with E-state index in [1.807, 2.05) is 6.08 Å². The Hall–Kier alpha value is -2.12. The number of unbranched alkanes of at least 4 members (excludes halogenated alkanes) is 26. The Morgan fingerprint density at radius 3 is 1.49 bits per heavy atom. The molecule has 1 aliphatic heterocycles. The van der Waals surface area contributed by atoms with Gasteiger partial charge in [-0.1, -0.05) is 186 Å². The number of nitrogens with one attached hydrogen (secondary N) is 1. The largest absolute Gasteiger partial charge is 0.454 e. The maximum atomic E-state index is 13.3. The van der Waals surface area contributed by atoms with E-state index in [9.17, 15) is 35.1 Å². The molecule has 0 radical (unpaired) electrons. The van der Waals surface area contributed by atoms with Crippen LogP contribution in [-0.4, -0.2) is 99.6 Å². The summed E-state index contributed by atoms with van der Waals surface area (Å²) in [7, 11) is 0. The first-order valence-corrected chi connectivity index (χ1v) is 26.8. The van der Waals surface area contributed by atoms with Crippen molar-refractivity contribution in [1.82, 2.24) is 5.32 Å². The molecule has 6 N–H and O–H groups in total.